The highest BCUT2D eigenvalue weighted by Crippen LogP contribution is 2.23. The molecule has 0 saturated carbocycles. The zero-order valence-electron chi connectivity index (χ0n) is 12.9. The normalized spacial score (nSPS) is 12.0. The van der Waals surface area contributed by atoms with Crippen LogP contribution in [0, 0.1) is 0 Å². The molecule has 0 aliphatic heterocycles. The lowest BCUT2D eigenvalue weighted by Gasteiger charge is -2.12. The van der Waals surface area contributed by atoms with Crippen LogP contribution in [0.1, 0.15) is 17.4 Å². The minimum Gasteiger partial charge on any atom is -0.368 e. The summed E-state index contributed by atoms with van der Waals surface area (Å²) in [5, 5.41) is 3.83. The third-order valence-electron chi connectivity index (χ3n) is 3.58. The zero-order chi connectivity index (χ0) is 17.3. The molecule has 0 radical (unpaired) electrons. The van der Waals surface area contributed by atoms with Gasteiger partial charge >= 0.3 is 0 Å². The Morgan fingerprint density at radius 1 is 1.17 bits per heavy atom. The molecule has 0 saturated heterocycles. The third kappa shape index (κ3) is 3.02. The molecular formula is C16H16N6O2. The Morgan fingerprint density at radius 2 is 1.96 bits per heavy atom. The van der Waals surface area contributed by atoms with E-state index >= 15 is 0 Å². The van der Waals surface area contributed by atoms with E-state index in [1.165, 1.54) is 6.07 Å². The van der Waals surface area contributed by atoms with Gasteiger partial charge in [-0.2, -0.15) is 0 Å². The molecule has 2 amide bonds. The van der Waals surface area contributed by atoms with Crippen LogP contribution >= 0.6 is 0 Å². The number of carbonyl (C=O) groups is 2. The molecule has 0 aliphatic carbocycles. The predicted molar refractivity (Wildman–Crippen MR) is 90.1 cm³/mol. The van der Waals surface area contributed by atoms with E-state index in [4.69, 9.17) is 11.5 Å². The number of hydrogen-bond acceptors (Lipinski definition) is 5. The molecule has 1 aromatic carbocycles. The standard InChI is InChI=1S/C16H16N6O2/c1-8(14(17)23)20-13-7-12(15(18)24)21-16(22-13)10-2-3-11-9(6-10)4-5-19-11/h2-8,19H,1H3,(H2,17,23)(H2,18,24)(H,20,21,22)/t8-/m0/s1. The van der Waals surface area contributed by atoms with E-state index in [2.05, 4.69) is 20.3 Å². The maximum absolute atomic E-state index is 11.5. The van der Waals surface area contributed by atoms with Gasteiger partial charge in [0.25, 0.3) is 5.91 Å². The summed E-state index contributed by atoms with van der Waals surface area (Å²) < 4.78 is 0. The molecule has 0 spiro atoms. The molecule has 0 unspecified atom stereocenters. The fraction of sp³-hybridized carbons (Fsp3) is 0.125. The highest BCUT2D eigenvalue weighted by atomic mass is 16.1. The van der Waals surface area contributed by atoms with E-state index in [0.717, 1.165) is 16.5 Å². The maximum Gasteiger partial charge on any atom is 0.267 e. The SMILES string of the molecule is C[C@H](Nc1cc(C(N)=O)nc(-c2ccc3[nH]ccc3c2)n1)C(N)=O. The van der Waals surface area contributed by atoms with Gasteiger partial charge in [-0.15, -0.1) is 0 Å². The first-order chi connectivity index (χ1) is 11.4. The Hall–Kier alpha value is -3.42. The number of hydrogen-bond donors (Lipinski definition) is 4. The summed E-state index contributed by atoms with van der Waals surface area (Å²) in [7, 11) is 0. The van der Waals surface area contributed by atoms with E-state index < -0.39 is 17.9 Å². The second-order valence-electron chi connectivity index (χ2n) is 5.37. The Morgan fingerprint density at radius 3 is 2.67 bits per heavy atom. The summed E-state index contributed by atoms with van der Waals surface area (Å²) in [4.78, 5) is 34.4. The van der Waals surface area contributed by atoms with Crippen LogP contribution in [0.5, 0.6) is 0 Å². The second-order valence-corrected chi connectivity index (χ2v) is 5.37. The van der Waals surface area contributed by atoms with Crippen molar-refractivity contribution < 1.29 is 9.59 Å². The number of benzene rings is 1. The molecule has 8 nitrogen and oxygen atoms in total. The van der Waals surface area contributed by atoms with Gasteiger partial charge in [-0.3, -0.25) is 9.59 Å². The van der Waals surface area contributed by atoms with Crippen molar-refractivity contribution in [2.45, 2.75) is 13.0 Å². The zero-order valence-corrected chi connectivity index (χ0v) is 12.9. The highest BCUT2D eigenvalue weighted by Gasteiger charge is 2.14. The summed E-state index contributed by atoms with van der Waals surface area (Å²) in [6, 6.07) is 8.28. The fourth-order valence-corrected chi connectivity index (χ4v) is 2.26. The topological polar surface area (TPSA) is 140 Å². The quantitative estimate of drug-likeness (QED) is 0.554. The van der Waals surface area contributed by atoms with Gasteiger partial charge < -0.3 is 21.8 Å². The van der Waals surface area contributed by atoms with Crippen molar-refractivity contribution in [1.82, 2.24) is 15.0 Å². The molecule has 8 heteroatoms. The first-order valence-electron chi connectivity index (χ1n) is 7.26. The second kappa shape index (κ2) is 5.99. The minimum atomic E-state index is -0.684. The van der Waals surface area contributed by atoms with Gasteiger partial charge in [-0.25, -0.2) is 9.97 Å². The van der Waals surface area contributed by atoms with E-state index in [9.17, 15) is 9.59 Å². The van der Waals surface area contributed by atoms with Crippen molar-refractivity contribution >= 4 is 28.5 Å². The number of fused-ring (bicyclic) bond motifs is 1. The Kier molecular flexibility index (Phi) is 3.87. The van der Waals surface area contributed by atoms with Gasteiger partial charge in [0.05, 0.1) is 0 Å². The van der Waals surface area contributed by atoms with Crippen LogP contribution in [-0.2, 0) is 4.79 Å². The van der Waals surface area contributed by atoms with Crippen molar-refractivity contribution in [3.63, 3.8) is 0 Å². The average Bonchev–Trinajstić information content (AvgIpc) is 3.01. The molecule has 122 valence electrons. The minimum absolute atomic E-state index is 0.0494. The van der Waals surface area contributed by atoms with Crippen LogP contribution in [0.15, 0.2) is 36.5 Å². The van der Waals surface area contributed by atoms with Gasteiger partial charge in [0, 0.05) is 28.7 Å². The van der Waals surface area contributed by atoms with Gasteiger partial charge in [-0.05, 0) is 31.2 Å². The van der Waals surface area contributed by atoms with Crippen molar-refractivity contribution in [2.24, 2.45) is 11.5 Å². The number of rotatable bonds is 5. The lowest BCUT2D eigenvalue weighted by atomic mass is 10.1. The van der Waals surface area contributed by atoms with E-state index in [1.54, 1.807) is 6.92 Å². The number of H-pyrrole nitrogens is 1. The van der Waals surface area contributed by atoms with Crippen molar-refractivity contribution in [3.8, 4) is 11.4 Å². The maximum atomic E-state index is 11.5. The third-order valence-corrected chi connectivity index (χ3v) is 3.58. The molecule has 0 aliphatic rings. The highest BCUT2D eigenvalue weighted by molar-refractivity contribution is 5.92. The van der Waals surface area contributed by atoms with Gasteiger partial charge in [0.2, 0.25) is 5.91 Å². The smallest absolute Gasteiger partial charge is 0.267 e. The molecule has 6 N–H and O–H groups in total. The van der Waals surface area contributed by atoms with Crippen LogP contribution < -0.4 is 16.8 Å². The van der Waals surface area contributed by atoms with Crippen LogP contribution in [0.2, 0.25) is 0 Å². The number of aromatic amines is 1. The first-order valence-corrected chi connectivity index (χ1v) is 7.26. The first kappa shape index (κ1) is 15.5. The molecule has 3 aromatic rings. The molecule has 2 heterocycles. The fourth-order valence-electron chi connectivity index (χ4n) is 2.26. The number of anilines is 1. The monoisotopic (exact) mass is 324 g/mol. The van der Waals surface area contributed by atoms with Gasteiger partial charge in [0.15, 0.2) is 5.82 Å². The predicted octanol–water partition coefficient (Wildman–Crippen LogP) is 1.01. The summed E-state index contributed by atoms with van der Waals surface area (Å²) in [5.41, 5.74) is 12.3. The van der Waals surface area contributed by atoms with Crippen LogP contribution in [0.25, 0.3) is 22.3 Å². The molecule has 2 aromatic heterocycles. The number of nitrogens with two attached hydrogens (primary N) is 2. The van der Waals surface area contributed by atoms with Crippen molar-refractivity contribution in [3.05, 3.63) is 42.2 Å². The number of nitrogens with zero attached hydrogens (tertiary/aromatic N) is 2. The lowest BCUT2D eigenvalue weighted by Crippen LogP contribution is -2.33. The summed E-state index contributed by atoms with van der Waals surface area (Å²) >= 11 is 0. The molecular weight excluding hydrogens is 308 g/mol. The van der Waals surface area contributed by atoms with Crippen molar-refractivity contribution in [1.29, 1.82) is 0 Å². The molecule has 1 atom stereocenters. The Bertz CT molecular complexity index is 933. The van der Waals surface area contributed by atoms with Gasteiger partial charge in [-0.1, -0.05) is 0 Å². The summed E-state index contributed by atoms with van der Waals surface area (Å²) in [6.45, 7) is 1.60. The Balaban J connectivity index is 2.06. The number of primary amides is 2. The Labute approximate surface area is 137 Å². The summed E-state index contributed by atoms with van der Waals surface area (Å²) in [6.07, 6.45) is 1.83. The van der Waals surface area contributed by atoms with Crippen LogP contribution in [-0.4, -0.2) is 32.8 Å². The number of aromatic nitrogens is 3. The van der Waals surface area contributed by atoms with E-state index in [0.29, 0.717) is 11.6 Å². The average molecular weight is 324 g/mol. The lowest BCUT2D eigenvalue weighted by molar-refractivity contribution is -0.118. The molecule has 0 bridgehead atoms. The number of nitrogens with one attached hydrogen (secondary N) is 2. The number of amides is 2. The number of carbonyl (C=O) groups excluding carboxylic acids is 2. The van der Waals surface area contributed by atoms with Crippen LogP contribution in [0.3, 0.4) is 0 Å². The molecule has 3 rings (SSSR count). The molecule has 0 fully saturated rings. The van der Waals surface area contributed by atoms with Crippen LogP contribution in [0.4, 0.5) is 5.82 Å². The molecule has 24 heavy (non-hydrogen) atoms. The van der Waals surface area contributed by atoms with Crippen molar-refractivity contribution in [2.75, 3.05) is 5.32 Å². The summed E-state index contributed by atoms with van der Waals surface area (Å²) in [5.74, 6) is -0.594. The largest absolute Gasteiger partial charge is 0.368 e. The van der Waals surface area contributed by atoms with E-state index in [-0.39, 0.29) is 5.69 Å². The van der Waals surface area contributed by atoms with Gasteiger partial charge in [0.1, 0.15) is 17.6 Å². The van der Waals surface area contributed by atoms with E-state index in [1.807, 2.05) is 30.5 Å².